The highest BCUT2D eigenvalue weighted by Crippen LogP contribution is 2.36. The summed E-state index contributed by atoms with van der Waals surface area (Å²) in [6, 6.07) is 18.6. The van der Waals surface area contributed by atoms with Crippen LogP contribution in [0.3, 0.4) is 0 Å². The second-order valence-electron chi connectivity index (χ2n) is 10.1. The van der Waals surface area contributed by atoms with E-state index in [9.17, 15) is 4.39 Å². The van der Waals surface area contributed by atoms with Gasteiger partial charge in [-0.3, -0.25) is 0 Å². The van der Waals surface area contributed by atoms with Crippen LogP contribution in [0.5, 0.6) is 5.75 Å². The number of hydrogen-bond acceptors (Lipinski definition) is 2. The highest BCUT2D eigenvalue weighted by atomic mass is 32.1. The number of halogens is 1. The molecule has 0 amide bonds. The maximum atomic E-state index is 14.8. The summed E-state index contributed by atoms with van der Waals surface area (Å²) in [7, 11) is -0.712. The van der Waals surface area contributed by atoms with Gasteiger partial charge in [0, 0.05) is 18.6 Å². The van der Waals surface area contributed by atoms with E-state index in [1.54, 1.807) is 23.5 Å². The van der Waals surface area contributed by atoms with Crippen molar-refractivity contribution in [2.45, 2.75) is 90.3 Å². The Morgan fingerprint density at radius 3 is 2.14 bits per heavy atom. The number of rotatable bonds is 15. The van der Waals surface area contributed by atoms with Gasteiger partial charge in [0.25, 0.3) is 0 Å². The molecule has 1 aromatic heterocycles. The minimum atomic E-state index is -0.712. The molecule has 35 heavy (non-hydrogen) atoms. The molecule has 0 bridgehead atoms. The van der Waals surface area contributed by atoms with Crippen LogP contribution >= 0.6 is 11.3 Å². The summed E-state index contributed by atoms with van der Waals surface area (Å²) in [4.78, 5) is 2.30. The number of thiophene rings is 1. The molecule has 2 aromatic carbocycles. The van der Waals surface area contributed by atoms with E-state index in [0.29, 0.717) is 12.4 Å². The van der Waals surface area contributed by atoms with Crippen LogP contribution < -0.4 is 4.74 Å². The van der Waals surface area contributed by atoms with Crippen molar-refractivity contribution >= 4 is 20.1 Å². The van der Waals surface area contributed by atoms with Gasteiger partial charge in [0.2, 0.25) is 0 Å². The van der Waals surface area contributed by atoms with Gasteiger partial charge in [-0.2, -0.15) is 0 Å². The highest BCUT2D eigenvalue weighted by Gasteiger charge is 2.15. The van der Waals surface area contributed by atoms with Crippen LogP contribution in [0.1, 0.15) is 70.8 Å². The van der Waals surface area contributed by atoms with Crippen LogP contribution in [0.25, 0.3) is 20.9 Å². The third-order valence-electron chi connectivity index (χ3n) is 7.00. The lowest BCUT2D eigenvalue weighted by Gasteiger charge is -2.20. The van der Waals surface area contributed by atoms with E-state index in [0.717, 1.165) is 28.8 Å². The molecule has 1 unspecified atom stereocenters. The van der Waals surface area contributed by atoms with Crippen molar-refractivity contribution in [1.29, 1.82) is 0 Å². The summed E-state index contributed by atoms with van der Waals surface area (Å²) in [5.74, 6) is 0.108. The molecule has 0 aliphatic heterocycles. The maximum Gasteiger partial charge on any atom is 0.165 e. The second kappa shape index (κ2) is 14.6. The standard InChI is InChI=1S/C31H43FOSSi/c1-5-7-9-10-11-24-13-15-25(16-14-24)30-19-20-31(34-30)26-17-18-29(28(32)23-26)33-22-21-27(35(3)4)12-8-6-2/h13-20,23,27,35H,5-12,21-22H2,1-4H3. The van der Waals surface area contributed by atoms with Crippen molar-refractivity contribution in [3.05, 3.63) is 66.0 Å². The first-order valence-electron chi connectivity index (χ1n) is 13.6. The zero-order valence-electron chi connectivity index (χ0n) is 22.1. The van der Waals surface area contributed by atoms with Gasteiger partial charge in [0.05, 0.1) is 6.61 Å². The van der Waals surface area contributed by atoms with Gasteiger partial charge in [-0.15, -0.1) is 11.3 Å². The Morgan fingerprint density at radius 1 is 0.800 bits per heavy atom. The molecule has 1 heterocycles. The molecule has 0 aliphatic carbocycles. The van der Waals surface area contributed by atoms with Crippen LogP contribution in [-0.2, 0) is 6.42 Å². The molecule has 190 valence electrons. The Kier molecular flexibility index (Phi) is 11.5. The lowest BCUT2D eigenvalue weighted by molar-refractivity contribution is 0.289. The van der Waals surface area contributed by atoms with E-state index in [1.165, 1.54) is 60.9 Å². The molecule has 0 saturated carbocycles. The van der Waals surface area contributed by atoms with Crippen molar-refractivity contribution in [3.8, 4) is 26.6 Å². The Labute approximate surface area is 218 Å². The molecule has 3 rings (SSSR count). The fourth-order valence-electron chi connectivity index (χ4n) is 4.61. The van der Waals surface area contributed by atoms with Gasteiger partial charge in [0.1, 0.15) is 0 Å². The van der Waals surface area contributed by atoms with Crippen molar-refractivity contribution in [2.24, 2.45) is 0 Å². The third kappa shape index (κ3) is 8.61. The molecule has 1 atom stereocenters. The zero-order chi connectivity index (χ0) is 25.0. The van der Waals surface area contributed by atoms with Gasteiger partial charge in [-0.1, -0.05) is 89.7 Å². The smallest absolute Gasteiger partial charge is 0.165 e. The molecule has 0 spiro atoms. The molecule has 0 aliphatic rings. The number of ether oxygens (including phenoxy) is 1. The average molecular weight is 511 g/mol. The summed E-state index contributed by atoms with van der Waals surface area (Å²) in [6.45, 7) is 9.92. The Balaban J connectivity index is 1.57. The van der Waals surface area contributed by atoms with Gasteiger partial charge in [-0.25, -0.2) is 4.39 Å². The van der Waals surface area contributed by atoms with Crippen LogP contribution in [0, 0.1) is 5.82 Å². The Hall–Kier alpha value is -1.91. The van der Waals surface area contributed by atoms with Crippen molar-refractivity contribution < 1.29 is 9.13 Å². The Morgan fingerprint density at radius 2 is 1.49 bits per heavy atom. The van der Waals surface area contributed by atoms with Gasteiger partial charge < -0.3 is 4.74 Å². The molecule has 0 radical (unpaired) electrons. The number of benzene rings is 2. The predicted octanol–water partition coefficient (Wildman–Crippen LogP) is 10.2. The van der Waals surface area contributed by atoms with E-state index in [1.807, 2.05) is 6.07 Å². The summed E-state index contributed by atoms with van der Waals surface area (Å²) in [6.07, 6.45) is 11.2. The molecular weight excluding hydrogens is 467 g/mol. The summed E-state index contributed by atoms with van der Waals surface area (Å²) in [5, 5.41) is 0. The Bertz CT molecular complexity index is 1010. The lowest BCUT2D eigenvalue weighted by Crippen LogP contribution is -2.15. The van der Waals surface area contributed by atoms with Gasteiger partial charge >= 0.3 is 0 Å². The largest absolute Gasteiger partial charge is 0.491 e. The predicted molar refractivity (Wildman–Crippen MR) is 155 cm³/mol. The topological polar surface area (TPSA) is 9.23 Å². The van der Waals surface area contributed by atoms with Crippen LogP contribution in [0.2, 0.25) is 18.6 Å². The average Bonchev–Trinajstić information content (AvgIpc) is 3.35. The van der Waals surface area contributed by atoms with E-state index in [-0.39, 0.29) is 5.82 Å². The molecule has 1 nitrogen and oxygen atoms in total. The first-order chi connectivity index (χ1) is 17.0. The van der Waals surface area contributed by atoms with E-state index in [2.05, 4.69) is 63.3 Å². The molecular formula is C31H43FOSSi. The first kappa shape index (κ1) is 27.7. The summed E-state index contributed by atoms with van der Waals surface area (Å²) < 4.78 is 20.7. The lowest BCUT2D eigenvalue weighted by atomic mass is 10.0. The number of hydrogen-bond donors (Lipinski definition) is 0. The fourth-order valence-corrected chi connectivity index (χ4v) is 7.32. The van der Waals surface area contributed by atoms with E-state index < -0.39 is 8.80 Å². The molecule has 3 aromatic rings. The van der Waals surface area contributed by atoms with E-state index >= 15 is 0 Å². The summed E-state index contributed by atoms with van der Waals surface area (Å²) >= 11 is 1.71. The molecule has 0 saturated heterocycles. The monoisotopic (exact) mass is 510 g/mol. The quantitative estimate of drug-likeness (QED) is 0.146. The fraction of sp³-hybridized carbons (Fsp3) is 0.484. The normalized spacial score (nSPS) is 12.3. The minimum absolute atomic E-state index is 0.267. The maximum absolute atomic E-state index is 14.8. The van der Waals surface area contributed by atoms with Gasteiger partial charge in [0.15, 0.2) is 11.6 Å². The first-order valence-corrected chi connectivity index (χ1v) is 17.4. The van der Waals surface area contributed by atoms with Crippen LogP contribution in [0.4, 0.5) is 4.39 Å². The van der Waals surface area contributed by atoms with Crippen molar-refractivity contribution in [3.63, 3.8) is 0 Å². The second-order valence-corrected chi connectivity index (χ2v) is 14.6. The summed E-state index contributed by atoms with van der Waals surface area (Å²) in [5.41, 5.74) is 4.32. The van der Waals surface area contributed by atoms with Crippen LogP contribution in [-0.4, -0.2) is 15.4 Å². The minimum Gasteiger partial charge on any atom is -0.491 e. The number of unbranched alkanes of at least 4 members (excludes halogenated alkanes) is 4. The van der Waals surface area contributed by atoms with Crippen LogP contribution in [0.15, 0.2) is 54.6 Å². The van der Waals surface area contributed by atoms with Crippen molar-refractivity contribution in [2.75, 3.05) is 6.61 Å². The van der Waals surface area contributed by atoms with Gasteiger partial charge in [-0.05, 0) is 71.8 Å². The SMILES string of the molecule is CCCCCCc1ccc(-c2ccc(-c3ccc(OCCC(CCCC)[SiH](C)C)c(F)c3)s2)cc1. The molecule has 0 fully saturated rings. The van der Waals surface area contributed by atoms with Crippen molar-refractivity contribution in [1.82, 2.24) is 0 Å². The molecule has 4 heteroatoms. The molecule has 0 N–H and O–H groups in total. The van der Waals surface area contributed by atoms with E-state index in [4.69, 9.17) is 4.74 Å². The zero-order valence-corrected chi connectivity index (χ0v) is 24.1. The highest BCUT2D eigenvalue weighted by molar-refractivity contribution is 7.18. The number of aryl methyl sites for hydroxylation is 1. The third-order valence-corrected chi connectivity index (χ3v) is 10.7.